The number of hydrogen-bond acceptors (Lipinski definition) is 6. The molecule has 2 rings (SSSR count). The second kappa shape index (κ2) is 6.88. The predicted octanol–water partition coefficient (Wildman–Crippen LogP) is 1.76. The van der Waals surface area contributed by atoms with Crippen molar-refractivity contribution in [2.75, 3.05) is 12.5 Å². The first kappa shape index (κ1) is 19.0. The molecular weight excluding hydrogens is 372 g/mol. The van der Waals surface area contributed by atoms with Gasteiger partial charge in [0.2, 0.25) is 0 Å². The maximum Gasteiger partial charge on any atom is 0.294 e. The van der Waals surface area contributed by atoms with E-state index in [0.29, 0.717) is 11.4 Å². The number of ether oxygens (including phenoxy) is 1. The summed E-state index contributed by atoms with van der Waals surface area (Å²) in [5.41, 5.74) is 7.66. The highest BCUT2D eigenvalue weighted by Gasteiger charge is 2.17. The fourth-order valence-electron chi connectivity index (χ4n) is 2.02. The fourth-order valence-corrected chi connectivity index (χ4v) is 3.22. The van der Waals surface area contributed by atoms with Crippen LogP contribution in [0.1, 0.15) is 5.56 Å². The molecule has 0 aliphatic carbocycles. The minimum absolute atomic E-state index is 0.136. The third kappa shape index (κ3) is 4.60. The van der Waals surface area contributed by atoms with Crippen LogP contribution in [0.25, 0.3) is 0 Å². The Kier molecular flexibility index (Phi) is 5.23. The smallest absolute Gasteiger partial charge is 0.294 e. The first-order valence-corrected chi connectivity index (χ1v) is 9.61. The molecule has 0 aliphatic heterocycles. The van der Waals surface area contributed by atoms with Crippen molar-refractivity contribution < 1.29 is 30.7 Å². The van der Waals surface area contributed by atoms with Gasteiger partial charge in [0.05, 0.1) is 23.4 Å². The van der Waals surface area contributed by atoms with E-state index >= 15 is 0 Å². The number of methoxy groups -OCH3 is 1. The monoisotopic (exact) mass is 387 g/mol. The fraction of sp³-hybridized carbons (Fsp3) is 0.143. The van der Waals surface area contributed by atoms with Crippen LogP contribution in [0, 0.1) is 6.92 Å². The van der Waals surface area contributed by atoms with Gasteiger partial charge in [-0.1, -0.05) is 0 Å². The summed E-state index contributed by atoms with van der Waals surface area (Å²) in [6.45, 7) is 1.49. The normalized spacial score (nSPS) is 11.8. The number of hydrogen-bond donors (Lipinski definition) is 3. The molecule has 0 aromatic heterocycles. The van der Waals surface area contributed by atoms with Gasteiger partial charge in [-0.25, -0.2) is 0 Å². The summed E-state index contributed by atoms with van der Waals surface area (Å²) in [6.07, 6.45) is 0. The zero-order valence-corrected chi connectivity index (χ0v) is 14.8. The minimum atomic E-state index is -4.39. The molecule has 0 fully saturated rings. The average molecular weight is 387 g/mol. The van der Waals surface area contributed by atoms with Crippen LogP contribution < -0.4 is 15.6 Å². The van der Waals surface area contributed by atoms with Crippen LogP contribution >= 0.6 is 0 Å². The molecule has 0 saturated carbocycles. The molecule has 2 aromatic carbocycles. The van der Waals surface area contributed by atoms with E-state index in [9.17, 15) is 21.4 Å². The Bertz CT molecular complexity index is 985. The summed E-state index contributed by atoms with van der Waals surface area (Å²) in [6, 6.07) is 7.67. The van der Waals surface area contributed by atoms with E-state index in [1.165, 1.54) is 44.4 Å². The van der Waals surface area contributed by atoms with E-state index in [1.54, 1.807) is 0 Å². The van der Waals surface area contributed by atoms with E-state index in [4.69, 9.17) is 9.29 Å². The lowest BCUT2D eigenvalue weighted by molar-refractivity contribution is 0.413. The molecule has 25 heavy (non-hydrogen) atoms. The lowest BCUT2D eigenvalue weighted by Crippen LogP contribution is -2.10. The molecule has 0 heterocycles. The van der Waals surface area contributed by atoms with E-state index in [-0.39, 0.29) is 21.1 Å². The molecule has 0 atom stereocenters. The Morgan fingerprint density at radius 1 is 1.00 bits per heavy atom. The van der Waals surface area contributed by atoms with Gasteiger partial charge in [-0.2, -0.15) is 22.3 Å². The molecule has 3 N–H and O–H groups in total. The molecule has 11 heteroatoms. The second-order valence-electron chi connectivity index (χ2n) is 4.99. The van der Waals surface area contributed by atoms with Crippen LogP contribution in [0.4, 0.5) is 11.4 Å². The highest BCUT2D eigenvalue weighted by molar-refractivity contribution is 7.86. The van der Waals surface area contributed by atoms with Crippen molar-refractivity contribution >= 4 is 31.6 Å². The largest absolute Gasteiger partial charge is 0.494 e. The Labute approximate surface area is 145 Å². The van der Waals surface area contributed by atoms with Gasteiger partial charge in [-0.05, 0) is 42.8 Å². The van der Waals surface area contributed by atoms with Gasteiger partial charge in [-0.3, -0.25) is 14.5 Å². The maximum absolute atomic E-state index is 11.3. The first-order valence-electron chi connectivity index (χ1n) is 6.73. The van der Waals surface area contributed by atoms with Crippen LogP contribution in [0.2, 0.25) is 0 Å². The third-order valence-electron chi connectivity index (χ3n) is 3.22. The van der Waals surface area contributed by atoms with E-state index in [1.807, 2.05) is 0 Å². The summed E-state index contributed by atoms with van der Waals surface area (Å²) in [4.78, 5) is -0.551. The van der Waals surface area contributed by atoms with Crippen molar-refractivity contribution in [3.8, 4) is 5.75 Å². The maximum atomic E-state index is 11.3. The Morgan fingerprint density at radius 2 is 1.60 bits per heavy atom. The lowest BCUT2D eigenvalue weighted by Gasteiger charge is -2.13. The van der Waals surface area contributed by atoms with Crippen molar-refractivity contribution in [3.63, 3.8) is 0 Å². The van der Waals surface area contributed by atoms with Gasteiger partial charge in [0.15, 0.2) is 0 Å². The molecule has 0 saturated heterocycles. The SMILES string of the molecule is COc1cc(S(=O)(=O)O)c(C)cc1N[N]c1ccc(S(=O)(=O)O)cc1. The molecule has 0 spiro atoms. The predicted molar refractivity (Wildman–Crippen MR) is 89.2 cm³/mol. The lowest BCUT2D eigenvalue weighted by atomic mass is 10.2. The topological polar surface area (TPSA) is 144 Å². The number of benzene rings is 2. The molecule has 2 aromatic rings. The van der Waals surface area contributed by atoms with Crippen molar-refractivity contribution in [3.05, 3.63) is 42.0 Å². The third-order valence-corrected chi connectivity index (χ3v) is 5.08. The standard InChI is InChI=1S/C14H15N2O7S2/c1-9-7-12(13(23-2)8-14(9)25(20,21)22)16-15-10-3-5-11(6-4-10)24(17,18)19/h3-8,16H,1-2H3,(H,17,18,19)(H,20,21,22). The zero-order chi connectivity index (χ0) is 18.8. The summed E-state index contributed by atoms with van der Waals surface area (Å²) < 4.78 is 67.8. The molecular formula is C14H15N2O7S2. The number of nitrogens with one attached hydrogen (secondary N) is 1. The van der Waals surface area contributed by atoms with Crippen molar-refractivity contribution in [1.82, 2.24) is 5.43 Å². The van der Waals surface area contributed by atoms with Crippen molar-refractivity contribution in [2.45, 2.75) is 16.7 Å². The van der Waals surface area contributed by atoms with Crippen LogP contribution in [-0.2, 0) is 20.2 Å². The number of nitrogens with zero attached hydrogens (tertiary/aromatic N) is 1. The summed E-state index contributed by atoms with van der Waals surface area (Å²) in [7, 11) is -7.35. The van der Waals surface area contributed by atoms with E-state index in [0.717, 1.165) is 6.07 Å². The van der Waals surface area contributed by atoms with E-state index < -0.39 is 20.2 Å². The average Bonchev–Trinajstić information content (AvgIpc) is 2.51. The van der Waals surface area contributed by atoms with Crippen LogP contribution in [0.15, 0.2) is 46.2 Å². The van der Waals surface area contributed by atoms with Gasteiger partial charge in [0.25, 0.3) is 20.2 Å². The Balaban J connectivity index is 2.25. The second-order valence-corrected chi connectivity index (χ2v) is 7.80. The van der Waals surface area contributed by atoms with Crippen molar-refractivity contribution in [1.29, 1.82) is 0 Å². The summed E-state index contributed by atoms with van der Waals surface area (Å²) in [5.74, 6) is 0.136. The Morgan fingerprint density at radius 3 is 2.08 bits per heavy atom. The number of aryl methyl sites for hydroxylation is 1. The van der Waals surface area contributed by atoms with Crippen molar-refractivity contribution in [2.24, 2.45) is 0 Å². The van der Waals surface area contributed by atoms with Crippen LogP contribution in [0.5, 0.6) is 5.75 Å². The number of rotatable bonds is 6. The van der Waals surface area contributed by atoms with Gasteiger partial charge >= 0.3 is 0 Å². The summed E-state index contributed by atoms with van der Waals surface area (Å²) in [5, 5.41) is 0. The molecule has 0 amide bonds. The molecule has 0 bridgehead atoms. The first-order chi connectivity index (χ1) is 11.5. The Hall–Kier alpha value is -2.34. The quantitative estimate of drug-likeness (QED) is 0.502. The molecule has 0 unspecified atom stereocenters. The molecule has 1 radical (unpaired) electrons. The van der Waals surface area contributed by atoms with Gasteiger partial charge in [0.1, 0.15) is 10.6 Å². The minimum Gasteiger partial charge on any atom is -0.494 e. The molecule has 0 aliphatic rings. The van der Waals surface area contributed by atoms with Crippen LogP contribution in [0.3, 0.4) is 0 Å². The molecule has 135 valence electrons. The van der Waals surface area contributed by atoms with Gasteiger partial charge < -0.3 is 4.74 Å². The highest BCUT2D eigenvalue weighted by atomic mass is 32.2. The van der Waals surface area contributed by atoms with Crippen LogP contribution in [-0.4, -0.2) is 33.1 Å². The van der Waals surface area contributed by atoms with E-state index in [2.05, 4.69) is 10.9 Å². The summed E-state index contributed by atoms with van der Waals surface area (Å²) >= 11 is 0. The zero-order valence-electron chi connectivity index (χ0n) is 13.2. The van der Waals surface area contributed by atoms with Gasteiger partial charge in [0, 0.05) is 6.07 Å². The molecule has 9 nitrogen and oxygen atoms in total. The highest BCUT2D eigenvalue weighted by Crippen LogP contribution is 2.30. The number of anilines is 1. The van der Waals surface area contributed by atoms with Gasteiger partial charge in [-0.15, -0.1) is 0 Å².